The van der Waals surface area contributed by atoms with Gasteiger partial charge >= 0.3 is 0 Å². The highest BCUT2D eigenvalue weighted by molar-refractivity contribution is 7.92. The van der Waals surface area contributed by atoms with Crippen molar-refractivity contribution in [2.75, 3.05) is 16.3 Å². The Morgan fingerprint density at radius 1 is 1.24 bits per heavy atom. The number of sulfonamides is 1. The maximum atomic E-state index is 12.1. The van der Waals surface area contributed by atoms with Gasteiger partial charge in [0.2, 0.25) is 15.9 Å². The van der Waals surface area contributed by atoms with Crippen LogP contribution in [-0.2, 0) is 14.8 Å². The highest BCUT2D eigenvalue weighted by Crippen LogP contribution is 2.31. The molecule has 0 saturated heterocycles. The van der Waals surface area contributed by atoms with E-state index < -0.39 is 15.6 Å². The summed E-state index contributed by atoms with van der Waals surface area (Å²) in [6.07, 6.45) is 5.12. The quantitative estimate of drug-likeness (QED) is 0.769. The van der Waals surface area contributed by atoms with Crippen LogP contribution in [0.4, 0.5) is 11.4 Å². The zero-order valence-electron chi connectivity index (χ0n) is 12.1. The third kappa shape index (κ3) is 4.71. The first kappa shape index (κ1) is 15.8. The van der Waals surface area contributed by atoms with E-state index in [9.17, 15) is 13.2 Å². The minimum atomic E-state index is -3.40. The molecule has 7 heteroatoms. The summed E-state index contributed by atoms with van der Waals surface area (Å²) < 4.78 is 25.0. The predicted octanol–water partition coefficient (Wildman–Crippen LogP) is 1.66. The van der Waals surface area contributed by atoms with Crippen LogP contribution < -0.4 is 15.8 Å². The molecular weight excluding hydrogens is 290 g/mol. The van der Waals surface area contributed by atoms with Crippen LogP contribution in [0.25, 0.3) is 0 Å². The van der Waals surface area contributed by atoms with E-state index in [0.717, 1.165) is 31.9 Å². The minimum Gasteiger partial charge on any atom is -0.325 e. The number of carbonyl (C=O) groups is 1. The number of amides is 1. The van der Waals surface area contributed by atoms with E-state index in [0.29, 0.717) is 11.4 Å². The maximum Gasteiger partial charge on any atom is 0.229 e. The zero-order chi connectivity index (χ0) is 15.5. The van der Waals surface area contributed by atoms with Crippen LogP contribution in [0, 0.1) is 0 Å². The van der Waals surface area contributed by atoms with Crippen molar-refractivity contribution >= 4 is 27.3 Å². The largest absolute Gasteiger partial charge is 0.325 e. The van der Waals surface area contributed by atoms with Crippen LogP contribution in [-0.4, -0.2) is 26.1 Å². The molecular formula is C14H21N3O3S. The molecule has 0 spiro atoms. The molecule has 0 bridgehead atoms. The standard InChI is InChI=1S/C14H21N3O3S/c1-21(19,20)17-12-7-3-2-6-11(12)16-13(18)10-14(15)8-4-5-9-14/h2-3,6-7,17H,4-5,8-10,15H2,1H3,(H,16,18). The first-order chi connectivity index (χ1) is 9.77. The lowest BCUT2D eigenvalue weighted by Crippen LogP contribution is -2.40. The molecule has 0 heterocycles. The number of benzene rings is 1. The highest BCUT2D eigenvalue weighted by Gasteiger charge is 2.31. The molecule has 1 aromatic carbocycles. The molecule has 4 N–H and O–H groups in total. The number of anilines is 2. The Kier molecular flexibility index (Phi) is 4.53. The fraction of sp³-hybridized carbons (Fsp3) is 0.500. The Morgan fingerprint density at radius 2 is 1.81 bits per heavy atom. The summed E-state index contributed by atoms with van der Waals surface area (Å²) in [6.45, 7) is 0. The van der Waals surface area contributed by atoms with Crippen molar-refractivity contribution in [2.24, 2.45) is 5.73 Å². The van der Waals surface area contributed by atoms with Crippen molar-refractivity contribution < 1.29 is 13.2 Å². The Labute approximate surface area is 125 Å². The van der Waals surface area contributed by atoms with E-state index in [1.165, 1.54) is 0 Å². The molecule has 1 fully saturated rings. The molecule has 0 radical (unpaired) electrons. The SMILES string of the molecule is CS(=O)(=O)Nc1ccccc1NC(=O)CC1(N)CCCC1. The first-order valence-electron chi connectivity index (χ1n) is 6.93. The van der Waals surface area contributed by atoms with Crippen molar-refractivity contribution in [2.45, 2.75) is 37.6 Å². The lowest BCUT2D eigenvalue weighted by molar-refractivity contribution is -0.117. The van der Waals surface area contributed by atoms with Crippen LogP contribution in [0.1, 0.15) is 32.1 Å². The third-order valence-corrected chi connectivity index (χ3v) is 4.20. The lowest BCUT2D eigenvalue weighted by Gasteiger charge is -2.23. The summed E-state index contributed by atoms with van der Waals surface area (Å²) in [7, 11) is -3.40. The molecule has 1 saturated carbocycles. The van der Waals surface area contributed by atoms with E-state index in [1.807, 2.05) is 0 Å². The zero-order valence-corrected chi connectivity index (χ0v) is 12.9. The Bertz CT molecular complexity index is 622. The second-order valence-corrected chi connectivity index (χ2v) is 7.46. The monoisotopic (exact) mass is 311 g/mol. The second-order valence-electron chi connectivity index (χ2n) is 5.71. The van der Waals surface area contributed by atoms with Crippen molar-refractivity contribution in [1.82, 2.24) is 0 Å². The molecule has 0 atom stereocenters. The average Bonchev–Trinajstić information content (AvgIpc) is 2.76. The fourth-order valence-electron chi connectivity index (χ4n) is 2.65. The summed E-state index contributed by atoms with van der Waals surface area (Å²) in [5.41, 5.74) is 6.55. The van der Waals surface area contributed by atoms with Gasteiger partial charge in [-0.15, -0.1) is 0 Å². The van der Waals surface area contributed by atoms with E-state index in [2.05, 4.69) is 10.0 Å². The van der Waals surface area contributed by atoms with Crippen molar-refractivity contribution in [1.29, 1.82) is 0 Å². The molecule has 116 valence electrons. The van der Waals surface area contributed by atoms with Gasteiger partial charge in [-0.3, -0.25) is 9.52 Å². The Hall–Kier alpha value is -1.60. The Balaban J connectivity index is 2.07. The van der Waals surface area contributed by atoms with Crippen molar-refractivity contribution in [3.05, 3.63) is 24.3 Å². The molecule has 1 aliphatic rings. The molecule has 0 aromatic heterocycles. The summed E-state index contributed by atoms with van der Waals surface area (Å²) in [6, 6.07) is 6.69. The molecule has 1 aromatic rings. The van der Waals surface area contributed by atoms with E-state index >= 15 is 0 Å². The average molecular weight is 311 g/mol. The van der Waals surface area contributed by atoms with Crippen LogP contribution >= 0.6 is 0 Å². The lowest BCUT2D eigenvalue weighted by atomic mass is 9.94. The number of hydrogen-bond donors (Lipinski definition) is 3. The molecule has 1 aliphatic carbocycles. The van der Waals surface area contributed by atoms with Crippen LogP contribution in [0.3, 0.4) is 0 Å². The van der Waals surface area contributed by atoms with Gasteiger partial charge in [-0.1, -0.05) is 25.0 Å². The number of para-hydroxylation sites is 2. The van der Waals surface area contributed by atoms with Gasteiger partial charge in [-0.05, 0) is 25.0 Å². The molecule has 6 nitrogen and oxygen atoms in total. The van der Waals surface area contributed by atoms with Gasteiger partial charge in [0, 0.05) is 12.0 Å². The highest BCUT2D eigenvalue weighted by atomic mass is 32.2. The van der Waals surface area contributed by atoms with E-state index in [4.69, 9.17) is 5.73 Å². The number of rotatable bonds is 5. The third-order valence-electron chi connectivity index (χ3n) is 3.61. The van der Waals surface area contributed by atoms with E-state index in [1.54, 1.807) is 24.3 Å². The minimum absolute atomic E-state index is 0.192. The van der Waals surface area contributed by atoms with Gasteiger partial charge in [0.05, 0.1) is 17.6 Å². The van der Waals surface area contributed by atoms with Crippen molar-refractivity contribution in [3.63, 3.8) is 0 Å². The summed E-state index contributed by atoms with van der Waals surface area (Å²) >= 11 is 0. The number of nitrogens with one attached hydrogen (secondary N) is 2. The van der Waals surface area contributed by atoms with Gasteiger partial charge in [0.15, 0.2) is 0 Å². The smallest absolute Gasteiger partial charge is 0.229 e. The van der Waals surface area contributed by atoms with Gasteiger partial charge in [0.25, 0.3) is 0 Å². The van der Waals surface area contributed by atoms with Gasteiger partial charge in [-0.2, -0.15) is 0 Å². The van der Waals surface area contributed by atoms with E-state index in [-0.39, 0.29) is 12.3 Å². The van der Waals surface area contributed by atoms with Gasteiger partial charge in [-0.25, -0.2) is 8.42 Å². The Morgan fingerprint density at radius 3 is 2.38 bits per heavy atom. The first-order valence-corrected chi connectivity index (χ1v) is 8.82. The van der Waals surface area contributed by atoms with Crippen LogP contribution in [0.5, 0.6) is 0 Å². The summed E-state index contributed by atoms with van der Waals surface area (Å²) in [4.78, 5) is 12.1. The molecule has 0 unspecified atom stereocenters. The normalized spacial score (nSPS) is 17.4. The second kappa shape index (κ2) is 6.03. The summed E-state index contributed by atoms with van der Waals surface area (Å²) in [5, 5.41) is 2.74. The number of hydrogen-bond acceptors (Lipinski definition) is 4. The maximum absolute atomic E-state index is 12.1. The predicted molar refractivity (Wildman–Crippen MR) is 83.5 cm³/mol. The van der Waals surface area contributed by atoms with Crippen LogP contribution in [0.2, 0.25) is 0 Å². The van der Waals surface area contributed by atoms with Crippen molar-refractivity contribution in [3.8, 4) is 0 Å². The van der Waals surface area contributed by atoms with Gasteiger partial charge in [0.1, 0.15) is 0 Å². The van der Waals surface area contributed by atoms with Crippen LogP contribution in [0.15, 0.2) is 24.3 Å². The fourth-order valence-corrected chi connectivity index (χ4v) is 3.23. The number of carbonyl (C=O) groups excluding carboxylic acids is 1. The van der Waals surface area contributed by atoms with Gasteiger partial charge < -0.3 is 11.1 Å². The summed E-state index contributed by atoms with van der Waals surface area (Å²) in [5.74, 6) is -0.192. The molecule has 21 heavy (non-hydrogen) atoms. The molecule has 2 rings (SSSR count). The topological polar surface area (TPSA) is 101 Å². The molecule has 1 amide bonds. The number of nitrogens with two attached hydrogens (primary N) is 1. The molecule has 0 aliphatic heterocycles.